The fraction of sp³-hybridized carbons (Fsp3) is 0.571. The molecule has 1 rings (SSSR count). The van der Waals surface area contributed by atoms with Crippen LogP contribution in [0.2, 0.25) is 0 Å². The molecule has 17 heavy (non-hydrogen) atoms. The van der Waals surface area contributed by atoms with Crippen LogP contribution in [0.1, 0.15) is 25.0 Å². The van der Waals surface area contributed by atoms with E-state index < -0.39 is 0 Å². The van der Waals surface area contributed by atoms with E-state index in [1.807, 2.05) is 20.0 Å². The lowest BCUT2D eigenvalue weighted by atomic mass is 9.81. The number of rotatable bonds is 6. The van der Waals surface area contributed by atoms with Crippen molar-refractivity contribution in [1.29, 1.82) is 0 Å². The van der Waals surface area contributed by atoms with Gasteiger partial charge in [0.25, 0.3) is 0 Å². The van der Waals surface area contributed by atoms with Crippen LogP contribution in [-0.2, 0) is 11.8 Å². The quantitative estimate of drug-likeness (QED) is 0.791. The van der Waals surface area contributed by atoms with Gasteiger partial charge < -0.3 is 15.2 Å². The molecule has 3 nitrogen and oxygen atoms in total. The second-order valence-electron chi connectivity index (χ2n) is 4.64. The molecular formula is C14H23NO2. The Balaban J connectivity index is 3.24. The molecule has 0 radical (unpaired) electrons. The fourth-order valence-electron chi connectivity index (χ4n) is 2.07. The first-order chi connectivity index (χ1) is 8.11. The standard InChI is InChI=1S/C14H23NO2/c1-5-11-6-7-13(17-4)12(8-11)14(2,10-16)9-15-3/h6-8,15-16H,5,9-10H2,1-4H3. The molecule has 3 heteroatoms. The highest BCUT2D eigenvalue weighted by molar-refractivity contribution is 5.42. The Morgan fingerprint density at radius 1 is 1.41 bits per heavy atom. The van der Waals surface area contributed by atoms with Gasteiger partial charge in [-0.2, -0.15) is 0 Å². The summed E-state index contributed by atoms with van der Waals surface area (Å²) in [7, 11) is 3.56. The van der Waals surface area contributed by atoms with E-state index in [2.05, 4.69) is 24.4 Å². The molecular weight excluding hydrogens is 214 g/mol. The summed E-state index contributed by atoms with van der Waals surface area (Å²) in [4.78, 5) is 0. The molecule has 1 unspecified atom stereocenters. The number of hydrogen-bond acceptors (Lipinski definition) is 3. The third-order valence-electron chi connectivity index (χ3n) is 3.24. The number of methoxy groups -OCH3 is 1. The number of nitrogens with one attached hydrogen (secondary N) is 1. The summed E-state index contributed by atoms with van der Waals surface area (Å²) in [6, 6.07) is 6.18. The summed E-state index contributed by atoms with van der Waals surface area (Å²) < 4.78 is 5.40. The van der Waals surface area contributed by atoms with Crippen molar-refractivity contribution in [2.24, 2.45) is 0 Å². The van der Waals surface area contributed by atoms with E-state index in [4.69, 9.17) is 4.74 Å². The molecule has 0 saturated heterocycles. The van der Waals surface area contributed by atoms with E-state index in [1.54, 1.807) is 7.11 Å². The Morgan fingerprint density at radius 3 is 2.59 bits per heavy atom. The predicted octanol–water partition coefficient (Wildman–Crippen LogP) is 1.73. The van der Waals surface area contributed by atoms with Crippen molar-refractivity contribution in [3.8, 4) is 5.75 Å². The fourth-order valence-corrected chi connectivity index (χ4v) is 2.07. The molecule has 0 aliphatic heterocycles. The number of hydrogen-bond donors (Lipinski definition) is 2. The van der Waals surface area contributed by atoms with Crippen molar-refractivity contribution in [2.75, 3.05) is 27.3 Å². The second kappa shape index (κ2) is 6.03. The van der Waals surface area contributed by atoms with Crippen molar-refractivity contribution in [3.63, 3.8) is 0 Å². The molecule has 1 aromatic rings. The normalized spacial score (nSPS) is 14.4. The SMILES string of the molecule is CCc1ccc(OC)c(C(C)(CO)CNC)c1. The Morgan fingerprint density at radius 2 is 2.12 bits per heavy atom. The van der Waals surface area contributed by atoms with Crippen LogP contribution >= 0.6 is 0 Å². The summed E-state index contributed by atoms with van der Waals surface area (Å²) in [5.74, 6) is 0.842. The predicted molar refractivity (Wildman–Crippen MR) is 70.7 cm³/mol. The Hall–Kier alpha value is -1.06. The smallest absolute Gasteiger partial charge is 0.122 e. The van der Waals surface area contributed by atoms with Crippen molar-refractivity contribution in [2.45, 2.75) is 25.7 Å². The minimum Gasteiger partial charge on any atom is -0.496 e. The van der Waals surface area contributed by atoms with Crippen LogP contribution in [0.15, 0.2) is 18.2 Å². The number of aliphatic hydroxyl groups is 1. The van der Waals surface area contributed by atoms with Gasteiger partial charge in [-0.1, -0.05) is 26.0 Å². The highest BCUT2D eigenvalue weighted by atomic mass is 16.5. The molecule has 1 aromatic carbocycles. The zero-order valence-corrected chi connectivity index (χ0v) is 11.2. The van der Waals surface area contributed by atoms with Crippen LogP contribution < -0.4 is 10.1 Å². The van der Waals surface area contributed by atoms with Crippen LogP contribution in [0.3, 0.4) is 0 Å². The molecule has 96 valence electrons. The van der Waals surface area contributed by atoms with Gasteiger partial charge in [-0.3, -0.25) is 0 Å². The molecule has 0 amide bonds. The zero-order chi connectivity index (χ0) is 12.9. The van der Waals surface area contributed by atoms with E-state index in [1.165, 1.54) is 5.56 Å². The monoisotopic (exact) mass is 237 g/mol. The zero-order valence-electron chi connectivity index (χ0n) is 11.2. The topological polar surface area (TPSA) is 41.5 Å². The van der Waals surface area contributed by atoms with Crippen molar-refractivity contribution < 1.29 is 9.84 Å². The minimum absolute atomic E-state index is 0.0946. The molecule has 2 N–H and O–H groups in total. The molecule has 0 aromatic heterocycles. The van der Waals surface area contributed by atoms with Gasteiger partial charge in [0, 0.05) is 17.5 Å². The lowest BCUT2D eigenvalue weighted by Crippen LogP contribution is -2.37. The summed E-state index contributed by atoms with van der Waals surface area (Å²) >= 11 is 0. The molecule has 0 saturated carbocycles. The largest absolute Gasteiger partial charge is 0.496 e. The Bertz CT molecular complexity index is 365. The Kier molecular flexibility index (Phi) is 4.97. The number of benzene rings is 1. The van der Waals surface area contributed by atoms with Gasteiger partial charge in [-0.25, -0.2) is 0 Å². The number of likely N-dealkylation sites (N-methyl/N-ethyl adjacent to an activating group) is 1. The van der Waals surface area contributed by atoms with E-state index in [-0.39, 0.29) is 12.0 Å². The average Bonchev–Trinajstić information content (AvgIpc) is 2.38. The van der Waals surface area contributed by atoms with Crippen molar-refractivity contribution in [1.82, 2.24) is 5.32 Å². The molecule has 0 heterocycles. The summed E-state index contributed by atoms with van der Waals surface area (Å²) in [5.41, 5.74) is 2.01. The van der Waals surface area contributed by atoms with Gasteiger partial charge in [-0.15, -0.1) is 0 Å². The molecule has 0 fully saturated rings. The average molecular weight is 237 g/mol. The number of ether oxygens (including phenoxy) is 1. The summed E-state index contributed by atoms with van der Waals surface area (Å²) in [6.45, 7) is 4.98. The van der Waals surface area contributed by atoms with Gasteiger partial charge >= 0.3 is 0 Å². The molecule has 0 aliphatic rings. The van der Waals surface area contributed by atoms with Crippen LogP contribution in [-0.4, -0.2) is 32.4 Å². The van der Waals surface area contributed by atoms with Gasteiger partial charge in [0.15, 0.2) is 0 Å². The van der Waals surface area contributed by atoms with Crippen LogP contribution in [0, 0.1) is 0 Å². The maximum Gasteiger partial charge on any atom is 0.122 e. The molecule has 0 spiro atoms. The van der Waals surface area contributed by atoms with Gasteiger partial charge in [-0.05, 0) is 25.1 Å². The Labute approximate surface area is 104 Å². The van der Waals surface area contributed by atoms with E-state index in [0.29, 0.717) is 6.54 Å². The van der Waals surface area contributed by atoms with Crippen LogP contribution in [0.4, 0.5) is 0 Å². The second-order valence-corrected chi connectivity index (χ2v) is 4.64. The van der Waals surface area contributed by atoms with Crippen LogP contribution in [0.5, 0.6) is 5.75 Å². The van der Waals surface area contributed by atoms with E-state index >= 15 is 0 Å². The van der Waals surface area contributed by atoms with E-state index in [9.17, 15) is 5.11 Å². The molecule has 0 aliphatic carbocycles. The molecule has 0 bridgehead atoms. The summed E-state index contributed by atoms with van der Waals surface area (Å²) in [6.07, 6.45) is 0.984. The third-order valence-corrected chi connectivity index (χ3v) is 3.24. The molecule has 1 atom stereocenters. The number of aryl methyl sites for hydroxylation is 1. The van der Waals surface area contributed by atoms with Crippen molar-refractivity contribution in [3.05, 3.63) is 29.3 Å². The van der Waals surface area contributed by atoms with Gasteiger partial charge in [0.1, 0.15) is 5.75 Å². The number of aliphatic hydroxyl groups excluding tert-OH is 1. The van der Waals surface area contributed by atoms with E-state index in [0.717, 1.165) is 17.7 Å². The third kappa shape index (κ3) is 2.99. The maximum atomic E-state index is 9.66. The lowest BCUT2D eigenvalue weighted by molar-refractivity contribution is 0.200. The first-order valence-electron chi connectivity index (χ1n) is 6.04. The first kappa shape index (κ1) is 14.0. The van der Waals surface area contributed by atoms with Gasteiger partial charge in [0.05, 0.1) is 13.7 Å². The maximum absolute atomic E-state index is 9.66. The highest BCUT2D eigenvalue weighted by Gasteiger charge is 2.28. The highest BCUT2D eigenvalue weighted by Crippen LogP contribution is 2.32. The van der Waals surface area contributed by atoms with Crippen LogP contribution in [0.25, 0.3) is 0 Å². The lowest BCUT2D eigenvalue weighted by Gasteiger charge is -2.29. The van der Waals surface area contributed by atoms with Gasteiger partial charge in [0.2, 0.25) is 0 Å². The summed E-state index contributed by atoms with van der Waals surface area (Å²) in [5, 5.41) is 12.8. The first-order valence-corrected chi connectivity index (χ1v) is 6.04. The minimum atomic E-state index is -0.314. The van der Waals surface area contributed by atoms with Crippen molar-refractivity contribution >= 4 is 0 Å².